The van der Waals surface area contributed by atoms with Gasteiger partial charge in [-0.15, -0.1) is 0 Å². The third-order valence-electron chi connectivity index (χ3n) is 16.8. The molecule has 2 nitrogen and oxygen atoms in total. The van der Waals surface area contributed by atoms with Gasteiger partial charge >= 0.3 is 0 Å². The smallest absolute Gasteiger partial charge is 0.0541 e. The van der Waals surface area contributed by atoms with E-state index < -0.39 is 0 Å². The van der Waals surface area contributed by atoms with Crippen LogP contribution in [-0.4, -0.2) is 4.57 Å². The molecule has 2 heteroatoms. The average Bonchev–Trinajstić information content (AvgIpc) is 3.86. The van der Waals surface area contributed by atoms with Crippen molar-refractivity contribution in [3.8, 4) is 27.9 Å². The van der Waals surface area contributed by atoms with Crippen LogP contribution in [0.1, 0.15) is 158 Å². The van der Waals surface area contributed by atoms with Crippen LogP contribution in [0.25, 0.3) is 82.1 Å². The van der Waals surface area contributed by atoms with E-state index in [2.05, 4.69) is 304 Å². The Morgan fingerprint density at radius 2 is 0.615 bits per heavy atom. The number of para-hydroxylation sites is 2. The van der Waals surface area contributed by atoms with Crippen molar-refractivity contribution >= 4 is 71.2 Å². The Kier molecular flexibility index (Phi) is 12.3. The van der Waals surface area contributed by atoms with Gasteiger partial charge in [0.1, 0.15) is 0 Å². The summed E-state index contributed by atoms with van der Waals surface area (Å²) in [5.74, 6) is 0. The Hall–Kier alpha value is -7.16. The van der Waals surface area contributed by atoms with E-state index in [4.69, 9.17) is 0 Å². The highest BCUT2D eigenvalue weighted by Crippen LogP contribution is 2.49. The molecule has 0 radical (unpaired) electrons. The number of anilines is 3. The second-order valence-corrected chi connectivity index (χ2v) is 28.9. The molecule has 0 saturated carbocycles. The van der Waals surface area contributed by atoms with E-state index in [1.807, 2.05) is 0 Å². The first-order valence-electron chi connectivity index (χ1n) is 28.6. The fraction of sp³-hybridized carbons (Fsp3) is 0.316. The lowest BCUT2D eigenvalue weighted by molar-refractivity contribution is 0.568. The maximum absolute atomic E-state index is 2.62. The van der Waals surface area contributed by atoms with Gasteiger partial charge in [-0.2, -0.15) is 0 Å². The van der Waals surface area contributed by atoms with E-state index in [-0.39, 0.29) is 32.5 Å². The molecule has 0 aliphatic carbocycles. The van der Waals surface area contributed by atoms with E-state index in [1.165, 1.54) is 115 Å². The summed E-state index contributed by atoms with van der Waals surface area (Å²) in [6.45, 7) is 42.3. The van der Waals surface area contributed by atoms with Crippen molar-refractivity contribution in [3.05, 3.63) is 203 Å². The van der Waals surface area contributed by atoms with Crippen LogP contribution >= 0.6 is 0 Å². The van der Waals surface area contributed by atoms with Gasteiger partial charge in [0.2, 0.25) is 0 Å². The van der Waals surface area contributed by atoms with Gasteiger partial charge in [0.15, 0.2) is 0 Å². The Morgan fingerprint density at radius 1 is 0.282 bits per heavy atom. The van der Waals surface area contributed by atoms with E-state index in [0.29, 0.717) is 0 Å². The van der Waals surface area contributed by atoms with Gasteiger partial charge < -0.3 is 9.47 Å². The molecule has 0 amide bonds. The maximum atomic E-state index is 2.62. The summed E-state index contributed by atoms with van der Waals surface area (Å²) in [5, 5.41) is 10.1. The number of benzene rings is 10. The molecule has 78 heavy (non-hydrogen) atoms. The molecule has 11 rings (SSSR count). The summed E-state index contributed by atoms with van der Waals surface area (Å²) in [7, 11) is 0. The molecule has 11 aromatic rings. The van der Waals surface area contributed by atoms with Gasteiger partial charge in [0.05, 0.1) is 22.4 Å². The third kappa shape index (κ3) is 9.48. The Morgan fingerprint density at radius 3 is 1.04 bits per heavy atom. The first-order chi connectivity index (χ1) is 36.4. The summed E-state index contributed by atoms with van der Waals surface area (Å²) in [5.41, 5.74) is 19.6. The number of rotatable bonds is 6. The van der Waals surface area contributed by atoms with Crippen LogP contribution in [0.2, 0.25) is 0 Å². The number of hydrogen-bond donors (Lipinski definition) is 0. The monoisotopic (exact) mass is 1020 g/mol. The van der Waals surface area contributed by atoms with Crippen LogP contribution < -0.4 is 4.90 Å². The number of hydrogen-bond acceptors (Lipinski definition) is 1. The molecule has 0 aliphatic rings. The van der Waals surface area contributed by atoms with Gasteiger partial charge in [-0.05, 0) is 164 Å². The normalized spacial score (nSPS) is 13.3. The van der Waals surface area contributed by atoms with Crippen molar-refractivity contribution in [2.45, 2.75) is 157 Å². The van der Waals surface area contributed by atoms with Gasteiger partial charge in [-0.1, -0.05) is 240 Å². The second kappa shape index (κ2) is 18.2. The molecule has 0 aliphatic heterocycles. The molecule has 0 spiro atoms. The zero-order valence-electron chi connectivity index (χ0n) is 50.1. The Balaban J connectivity index is 1.27. The highest BCUT2D eigenvalue weighted by molar-refractivity contribution is 6.27. The largest absolute Gasteiger partial charge is 0.310 e. The average molecular weight is 1020 g/mol. The quantitative estimate of drug-likeness (QED) is 0.151. The minimum absolute atomic E-state index is 0.0506. The van der Waals surface area contributed by atoms with Crippen molar-refractivity contribution in [1.29, 1.82) is 0 Å². The molecule has 0 unspecified atom stereocenters. The Labute approximate surface area is 466 Å². The number of aromatic nitrogens is 1. The fourth-order valence-electron chi connectivity index (χ4n) is 11.8. The summed E-state index contributed by atoms with van der Waals surface area (Å²) in [6.07, 6.45) is 0. The minimum Gasteiger partial charge on any atom is -0.310 e. The van der Waals surface area contributed by atoms with E-state index >= 15 is 0 Å². The molecule has 0 saturated heterocycles. The lowest BCUT2D eigenvalue weighted by Crippen LogP contribution is -2.19. The minimum atomic E-state index is -0.103. The molecule has 396 valence electrons. The van der Waals surface area contributed by atoms with Gasteiger partial charge in [0, 0.05) is 32.9 Å². The SMILES string of the molecule is CC(C)(C)c1cc(-c2cc(-c3cc(C(C)(C)C)cc(C(C)(C)C)c3)cc(N(c3cc(C(C)(C)C)cc(C(C)(C)C)c3)c3ccc4ccc5c(-n6c7ccccc7c7ccccc76)ccc6ccc3c4c65)c2)cc(C(C)(C)C)c1. The highest BCUT2D eigenvalue weighted by Gasteiger charge is 2.29. The molecule has 0 bridgehead atoms. The topological polar surface area (TPSA) is 8.17 Å². The van der Waals surface area contributed by atoms with Crippen molar-refractivity contribution in [2.24, 2.45) is 0 Å². The van der Waals surface area contributed by atoms with Crippen molar-refractivity contribution in [2.75, 3.05) is 4.90 Å². The van der Waals surface area contributed by atoms with Gasteiger partial charge in [0.25, 0.3) is 0 Å². The van der Waals surface area contributed by atoms with E-state index in [9.17, 15) is 0 Å². The van der Waals surface area contributed by atoms with Gasteiger partial charge in [-0.3, -0.25) is 0 Å². The summed E-state index contributed by atoms with van der Waals surface area (Å²) >= 11 is 0. The zero-order valence-corrected chi connectivity index (χ0v) is 50.1. The van der Waals surface area contributed by atoms with Crippen molar-refractivity contribution in [1.82, 2.24) is 4.57 Å². The predicted molar refractivity (Wildman–Crippen MR) is 342 cm³/mol. The van der Waals surface area contributed by atoms with Gasteiger partial charge in [-0.25, -0.2) is 0 Å². The molecule has 0 N–H and O–H groups in total. The standard InChI is InChI=1S/C76H82N2/c1-71(2,3)53-36-51(37-54(42-53)72(4,5)6)49-35-50(52-38-55(73(7,8)9)43-56(39-52)74(10,11)12)41-59(40-49)77(60-45-57(75(13,14)15)44-58(46-60)76(16,17)18)67-33-29-47-28-32-64-68(34-30-48-27-31-63(67)69(47)70(48)64)78-65-25-21-19-23-61(65)62-24-20-22-26-66(62)78/h19-46H,1-18H3. The number of fused-ring (bicyclic) bond motifs is 3. The fourth-order valence-corrected chi connectivity index (χ4v) is 11.8. The molecular weight excluding hydrogens is 941 g/mol. The number of nitrogens with zero attached hydrogens (tertiary/aromatic N) is 2. The lowest BCUT2D eigenvalue weighted by atomic mass is 9.78. The van der Waals surface area contributed by atoms with Crippen LogP contribution in [-0.2, 0) is 32.5 Å². The molecule has 1 aromatic heterocycles. The van der Waals surface area contributed by atoms with E-state index in [1.54, 1.807) is 0 Å². The van der Waals surface area contributed by atoms with Crippen molar-refractivity contribution in [3.63, 3.8) is 0 Å². The Bertz CT molecular complexity index is 3890. The summed E-state index contributed by atoms with van der Waals surface area (Å²) < 4.78 is 2.49. The lowest BCUT2D eigenvalue weighted by Gasteiger charge is -2.33. The summed E-state index contributed by atoms with van der Waals surface area (Å²) in [6, 6.07) is 66.4. The van der Waals surface area contributed by atoms with Crippen LogP contribution in [0.3, 0.4) is 0 Å². The summed E-state index contributed by atoms with van der Waals surface area (Å²) in [4.78, 5) is 2.62. The first-order valence-corrected chi connectivity index (χ1v) is 28.6. The molecule has 0 fully saturated rings. The van der Waals surface area contributed by atoms with E-state index in [0.717, 1.165) is 17.1 Å². The molecule has 1 heterocycles. The maximum Gasteiger partial charge on any atom is 0.0541 e. The third-order valence-corrected chi connectivity index (χ3v) is 16.8. The highest BCUT2D eigenvalue weighted by atomic mass is 15.1. The molecular formula is C76H82N2. The van der Waals surface area contributed by atoms with Crippen molar-refractivity contribution < 1.29 is 0 Å². The predicted octanol–water partition coefficient (Wildman–Crippen LogP) is 22.3. The van der Waals surface area contributed by atoms with Crippen LogP contribution in [0.5, 0.6) is 0 Å². The van der Waals surface area contributed by atoms with Crippen LogP contribution in [0.15, 0.2) is 170 Å². The van der Waals surface area contributed by atoms with Crippen LogP contribution in [0, 0.1) is 0 Å². The van der Waals surface area contributed by atoms with Crippen LogP contribution in [0.4, 0.5) is 17.1 Å². The zero-order chi connectivity index (χ0) is 55.8. The molecule has 0 atom stereocenters. The first kappa shape index (κ1) is 52.9. The second-order valence-electron chi connectivity index (χ2n) is 28.9. The molecule has 10 aromatic carbocycles.